The highest BCUT2D eigenvalue weighted by molar-refractivity contribution is 5.33. The molecule has 94 valence electrons. The van der Waals surface area contributed by atoms with Crippen LogP contribution in [0.4, 0.5) is 0 Å². The van der Waals surface area contributed by atoms with Gasteiger partial charge in [0.15, 0.2) is 6.04 Å². The number of imidazole rings is 1. The van der Waals surface area contributed by atoms with Gasteiger partial charge in [0.1, 0.15) is 11.4 Å². The van der Waals surface area contributed by atoms with E-state index in [1.165, 1.54) is 17.0 Å². The molecule has 0 saturated heterocycles. The topological polar surface area (TPSA) is 54.5 Å². The third-order valence-corrected chi connectivity index (χ3v) is 3.39. The van der Waals surface area contributed by atoms with Crippen LogP contribution in [0.3, 0.4) is 0 Å². The molecule has 4 heteroatoms. The van der Waals surface area contributed by atoms with Gasteiger partial charge < -0.3 is 15.0 Å². The second-order valence-electron chi connectivity index (χ2n) is 4.52. The molecule has 2 heterocycles. The van der Waals surface area contributed by atoms with Gasteiger partial charge in [0.2, 0.25) is 0 Å². The van der Waals surface area contributed by atoms with Gasteiger partial charge in [0.25, 0.3) is 0 Å². The fraction of sp³-hybridized carbons (Fsp3) is 0.357. The van der Waals surface area contributed by atoms with Crippen LogP contribution >= 0.6 is 0 Å². The minimum Gasteiger partial charge on any atom is -0.494 e. The Kier molecular flexibility index (Phi) is 3.02. The number of hydrogen-bond acceptors (Lipinski definition) is 2. The smallest absolute Gasteiger partial charge is 0.156 e. The lowest BCUT2D eigenvalue weighted by Crippen LogP contribution is -2.87. The number of H-pyrrole nitrogens is 1. The predicted octanol–water partition coefficient (Wildman–Crippen LogP) is 1.02. The summed E-state index contributed by atoms with van der Waals surface area (Å²) < 4.78 is 5.47. The van der Waals surface area contributed by atoms with Gasteiger partial charge in [-0.05, 0) is 31.2 Å². The number of quaternary nitrogens is 1. The van der Waals surface area contributed by atoms with E-state index in [-0.39, 0.29) is 0 Å². The highest BCUT2D eigenvalue weighted by Crippen LogP contribution is 2.23. The van der Waals surface area contributed by atoms with E-state index in [0.717, 1.165) is 18.7 Å². The number of aromatic amines is 1. The van der Waals surface area contributed by atoms with E-state index >= 15 is 0 Å². The van der Waals surface area contributed by atoms with Crippen LogP contribution < -0.4 is 10.1 Å². The summed E-state index contributed by atoms with van der Waals surface area (Å²) >= 11 is 0. The first kappa shape index (κ1) is 11.3. The van der Waals surface area contributed by atoms with Gasteiger partial charge in [-0.1, -0.05) is 0 Å². The third kappa shape index (κ3) is 1.99. The SMILES string of the molecule is CCOc1ccc([C@H]2[NH2+]CCc3[nH]cnc32)cc1. The summed E-state index contributed by atoms with van der Waals surface area (Å²) in [6.45, 7) is 3.81. The molecule has 3 N–H and O–H groups in total. The monoisotopic (exact) mass is 244 g/mol. The van der Waals surface area contributed by atoms with Crippen LogP contribution in [0.25, 0.3) is 0 Å². The molecule has 1 aromatic heterocycles. The van der Waals surface area contributed by atoms with Gasteiger partial charge in [-0.2, -0.15) is 0 Å². The molecule has 18 heavy (non-hydrogen) atoms. The van der Waals surface area contributed by atoms with Crippen molar-refractivity contribution < 1.29 is 10.1 Å². The number of benzene rings is 1. The first-order valence-corrected chi connectivity index (χ1v) is 6.46. The highest BCUT2D eigenvalue weighted by Gasteiger charge is 2.27. The Hall–Kier alpha value is -1.81. The number of fused-ring (bicyclic) bond motifs is 1. The number of nitrogens with two attached hydrogens (primary N) is 1. The number of nitrogens with zero attached hydrogens (tertiary/aromatic N) is 1. The van der Waals surface area contributed by atoms with Crippen LogP contribution in [0.15, 0.2) is 30.6 Å². The van der Waals surface area contributed by atoms with Crippen molar-refractivity contribution >= 4 is 0 Å². The van der Waals surface area contributed by atoms with Crippen molar-refractivity contribution in [2.24, 2.45) is 0 Å². The first-order chi connectivity index (χ1) is 8.88. The van der Waals surface area contributed by atoms with Crippen LogP contribution in [0.5, 0.6) is 5.75 Å². The van der Waals surface area contributed by atoms with E-state index < -0.39 is 0 Å². The third-order valence-electron chi connectivity index (χ3n) is 3.39. The quantitative estimate of drug-likeness (QED) is 0.847. The van der Waals surface area contributed by atoms with E-state index in [0.29, 0.717) is 12.6 Å². The van der Waals surface area contributed by atoms with Crippen LogP contribution in [-0.2, 0) is 6.42 Å². The number of ether oxygens (including phenoxy) is 1. The Morgan fingerprint density at radius 2 is 2.22 bits per heavy atom. The number of rotatable bonds is 3. The second kappa shape index (κ2) is 4.82. The molecule has 4 nitrogen and oxygen atoms in total. The Morgan fingerprint density at radius 1 is 1.39 bits per heavy atom. The molecule has 0 fully saturated rings. The Labute approximate surface area is 106 Å². The summed E-state index contributed by atoms with van der Waals surface area (Å²) in [5.41, 5.74) is 3.73. The van der Waals surface area contributed by atoms with E-state index in [1.807, 2.05) is 19.1 Å². The average molecular weight is 244 g/mol. The van der Waals surface area contributed by atoms with E-state index in [2.05, 4.69) is 27.4 Å². The van der Waals surface area contributed by atoms with Crippen LogP contribution in [0, 0.1) is 0 Å². The average Bonchev–Trinajstić information content (AvgIpc) is 2.88. The molecule has 0 unspecified atom stereocenters. The van der Waals surface area contributed by atoms with Gasteiger partial charge in [-0.3, -0.25) is 0 Å². The molecule has 0 saturated carbocycles. The molecule has 1 aliphatic rings. The maximum Gasteiger partial charge on any atom is 0.156 e. The van der Waals surface area contributed by atoms with E-state index in [4.69, 9.17) is 4.74 Å². The maximum absolute atomic E-state index is 5.47. The Morgan fingerprint density at radius 3 is 3.00 bits per heavy atom. The molecule has 3 rings (SSSR count). The molecule has 0 spiro atoms. The fourth-order valence-corrected chi connectivity index (χ4v) is 2.54. The zero-order valence-electron chi connectivity index (χ0n) is 10.5. The minimum absolute atomic E-state index is 0.315. The van der Waals surface area contributed by atoms with Gasteiger partial charge in [0, 0.05) is 17.7 Å². The number of hydrogen-bond donors (Lipinski definition) is 2. The zero-order chi connectivity index (χ0) is 12.4. The van der Waals surface area contributed by atoms with E-state index in [9.17, 15) is 0 Å². The fourth-order valence-electron chi connectivity index (χ4n) is 2.54. The predicted molar refractivity (Wildman–Crippen MR) is 68.5 cm³/mol. The molecular weight excluding hydrogens is 226 g/mol. The molecule has 0 radical (unpaired) electrons. The summed E-state index contributed by atoms with van der Waals surface area (Å²) in [6, 6.07) is 8.66. The normalized spacial score (nSPS) is 18.4. The lowest BCUT2D eigenvalue weighted by Gasteiger charge is -2.20. The van der Waals surface area contributed by atoms with Crippen molar-refractivity contribution in [3.8, 4) is 5.75 Å². The zero-order valence-corrected chi connectivity index (χ0v) is 10.5. The second-order valence-corrected chi connectivity index (χ2v) is 4.52. The molecular formula is C14H18N3O+. The van der Waals surface area contributed by atoms with Crippen molar-refractivity contribution in [3.63, 3.8) is 0 Å². The van der Waals surface area contributed by atoms with Crippen molar-refractivity contribution in [2.45, 2.75) is 19.4 Å². The summed E-state index contributed by atoms with van der Waals surface area (Å²) in [4.78, 5) is 7.69. The van der Waals surface area contributed by atoms with Gasteiger partial charge in [-0.15, -0.1) is 0 Å². The van der Waals surface area contributed by atoms with Crippen molar-refractivity contribution in [1.82, 2.24) is 9.97 Å². The van der Waals surface area contributed by atoms with Gasteiger partial charge in [-0.25, -0.2) is 4.98 Å². The molecule has 1 aliphatic heterocycles. The molecule has 1 atom stereocenters. The van der Waals surface area contributed by atoms with Gasteiger partial charge in [0.05, 0.1) is 19.5 Å². The Balaban J connectivity index is 1.88. The van der Waals surface area contributed by atoms with Crippen LogP contribution in [0.1, 0.15) is 29.9 Å². The lowest BCUT2D eigenvalue weighted by molar-refractivity contribution is -0.690. The summed E-state index contributed by atoms with van der Waals surface area (Å²) in [7, 11) is 0. The molecule has 2 aromatic rings. The molecule has 1 aromatic carbocycles. The summed E-state index contributed by atoms with van der Waals surface area (Å²) in [6.07, 6.45) is 2.87. The number of nitrogens with one attached hydrogen (secondary N) is 1. The maximum atomic E-state index is 5.47. The van der Waals surface area contributed by atoms with Crippen molar-refractivity contribution in [1.29, 1.82) is 0 Å². The van der Waals surface area contributed by atoms with Crippen LogP contribution in [-0.4, -0.2) is 23.1 Å². The Bertz CT molecular complexity index is 518. The van der Waals surface area contributed by atoms with Crippen LogP contribution in [0.2, 0.25) is 0 Å². The molecule has 0 amide bonds. The largest absolute Gasteiger partial charge is 0.494 e. The van der Waals surface area contributed by atoms with Gasteiger partial charge >= 0.3 is 0 Å². The summed E-state index contributed by atoms with van der Waals surface area (Å²) in [5.74, 6) is 0.930. The first-order valence-electron chi connectivity index (χ1n) is 6.46. The standard InChI is InChI=1S/C14H17N3O/c1-2-18-11-5-3-10(4-6-11)13-14-12(7-8-15-13)16-9-17-14/h3-6,9,13,15H,2,7-8H2,1H3,(H,16,17)/p+1/t13-/m1/s1. The van der Waals surface area contributed by atoms with E-state index in [1.54, 1.807) is 6.33 Å². The minimum atomic E-state index is 0.315. The van der Waals surface area contributed by atoms with Crippen molar-refractivity contribution in [3.05, 3.63) is 47.5 Å². The molecule has 0 bridgehead atoms. The highest BCUT2D eigenvalue weighted by atomic mass is 16.5. The van der Waals surface area contributed by atoms with Crippen molar-refractivity contribution in [2.75, 3.05) is 13.2 Å². The lowest BCUT2D eigenvalue weighted by atomic mass is 9.98. The molecule has 0 aliphatic carbocycles. The number of aromatic nitrogens is 2. The summed E-state index contributed by atoms with van der Waals surface area (Å²) in [5, 5.41) is 2.35.